The van der Waals surface area contributed by atoms with Crippen molar-refractivity contribution in [3.8, 4) is 28.0 Å². The normalized spacial score (nSPS) is 10.9. The number of aromatic amines is 1. The van der Waals surface area contributed by atoms with Gasteiger partial charge in [0.25, 0.3) is 5.91 Å². The lowest BCUT2D eigenvalue weighted by Gasteiger charge is -2.16. The van der Waals surface area contributed by atoms with Crippen LogP contribution in [-0.2, 0) is 9.53 Å². The molecule has 0 spiro atoms. The van der Waals surface area contributed by atoms with Gasteiger partial charge in [0.15, 0.2) is 0 Å². The number of nitrogens with one attached hydrogen (secondary N) is 2. The van der Waals surface area contributed by atoms with Gasteiger partial charge >= 0.3 is 0 Å². The maximum absolute atomic E-state index is 13.0. The molecular weight excluding hydrogens is 468 g/mol. The quantitative estimate of drug-likeness (QED) is 0.286. The Morgan fingerprint density at radius 1 is 1.00 bits per heavy atom. The fraction of sp³-hybridized carbons (Fsp3) is 0.276. The molecule has 2 aromatic carbocycles. The zero-order valence-electron chi connectivity index (χ0n) is 21.6. The van der Waals surface area contributed by atoms with E-state index in [9.17, 15) is 9.59 Å². The van der Waals surface area contributed by atoms with Crippen LogP contribution in [0.15, 0.2) is 60.9 Å². The number of para-hydroxylation sites is 1. The lowest BCUT2D eigenvalue weighted by molar-refractivity contribution is -0.116. The van der Waals surface area contributed by atoms with Gasteiger partial charge in [-0.2, -0.15) is 0 Å². The molecule has 0 atom stereocenters. The molecule has 0 saturated heterocycles. The fourth-order valence-corrected chi connectivity index (χ4v) is 4.25. The first kappa shape index (κ1) is 25.9. The number of aromatic nitrogens is 2. The molecule has 0 bridgehead atoms. The zero-order chi connectivity index (χ0) is 26.4. The van der Waals surface area contributed by atoms with E-state index in [1.165, 1.54) is 4.90 Å². The van der Waals surface area contributed by atoms with Crippen LogP contribution in [0.1, 0.15) is 29.6 Å². The first-order chi connectivity index (χ1) is 17.9. The number of anilines is 1. The van der Waals surface area contributed by atoms with Crippen molar-refractivity contribution in [2.24, 2.45) is 0 Å². The smallest absolute Gasteiger partial charge is 0.255 e. The van der Waals surface area contributed by atoms with Crippen molar-refractivity contribution in [3.05, 3.63) is 66.5 Å². The van der Waals surface area contributed by atoms with Gasteiger partial charge in [0.05, 0.1) is 18.4 Å². The van der Waals surface area contributed by atoms with E-state index in [1.54, 1.807) is 46.6 Å². The molecule has 2 N–H and O–H groups in total. The largest absolute Gasteiger partial charge is 0.496 e. The van der Waals surface area contributed by atoms with E-state index in [2.05, 4.69) is 15.3 Å². The average molecular weight is 501 g/mol. The van der Waals surface area contributed by atoms with Gasteiger partial charge in [0.2, 0.25) is 5.91 Å². The van der Waals surface area contributed by atoms with Crippen LogP contribution in [0.3, 0.4) is 0 Å². The Bertz CT molecular complexity index is 1410. The summed E-state index contributed by atoms with van der Waals surface area (Å²) in [6.07, 6.45) is 5.58. The van der Waals surface area contributed by atoms with Crippen molar-refractivity contribution in [1.82, 2.24) is 14.9 Å². The van der Waals surface area contributed by atoms with Crippen molar-refractivity contribution in [2.75, 3.05) is 40.2 Å². The Balaban J connectivity index is 1.69. The van der Waals surface area contributed by atoms with Gasteiger partial charge in [-0.25, -0.2) is 4.98 Å². The number of methoxy groups -OCH3 is 2. The first-order valence-electron chi connectivity index (χ1n) is 12.2. The van der Waals surface area contributed by atoms with E-state index in [1.807, 2.05) is 42.6 Å². The minimum absolute atomic E-state index is 0.131. The number of H-pyrrole nitrogens is 1. The van der Waals surface area contributed by atoms with Crippen LogP contribution in [0.2, 0.25) is 0 Å². The number of nitrogens with zero attached hydrogens (tertiary/aromatic N) is 2. The molecule has 0 aliphatic carbocycles. The highest BCUT2D eigenvalue weighted by molar-refractivity contribution is 6.05. The monoisotopic (exact) mass is 500 g/mol. The summed E-state index contributed by atoms with van der Waals surface area (Å²) in [4.78, 5) is 34.9. The maximum atomic E-state index is 13.0. The highest BCUT2D eigenvalue weighted by Gasteiger charge is 2.18. The Morgan fingerprint density at radius 3 is 2.57 bits per heavy atom. The standard InChI is InChI=1S/C29H32N4O4/c1-33(2)29(35)23-15-19(12-13-25(23)32-27(34)11-7-8-14-36-3)20-16-22-24(18-31-28(22)30-17-20)21-9-5-6-10-26(21)37-4/h5-6,9-10,12-13,15-18H,7-8,11,14H2,1-4H3,(H,30,31)(H,32,34). The second-order valence-corrected chi connectivity index (χ2v) is 8.98. The van der Waals surface area contributed by atoms with E-state index < -0.39 is 0 Å². The van der Waals surface area contributed by atoms with Crippen molar-refractivity contribution in [1.29, 1.82) is 0 Å². The van der Waals surface area contributed by atoms with E-state index in [0.717, 1.165) is 45.5 Å². The third-order valence-corrected chi connectivity index (χ3v) is 6.19. The summed E-state index contributed by atoms with van der Waals surface area (Å²) < 4.78 is 10.6. The lowest BCUT2D eigenvalue weighted by Crippen LogP contribution is -2.24. The molecule has 8 nitrogen and oxygen atoms in total. The van der Waals surface area contributed by atoms with Gasteiger partial charge in [-0.1, -0.05) is 24.3 Å². The minimum Gasteiger partial charge on any atom is -0.496 e. The molecule has 8 heteroatoms. The third kappa shape index (κ3) is 5.81. The molecule has 4 aromatic rings. The first-order valence-corrected chi connectivity index (χ1v) is 12.2. The summed E-state index contributed by atoms with van der Waals surface area (Å²) in [6.45, 7) is 0.616. The molecule has 0 radical (unpaired) electrons. The second-order valence-electron chi connectivity index (χ2n) is 8.98. The van der Waals surface area contributed by atoms with Crippen LogP contribution in [0.4, 0.5) is 5.69 Å². The number of hydrogen-bond donors (Lipinski definition) is 2. The summed E-state index contributed by atoms with van der Waals surface area (Å²) in [6, 6.07) is 15.4. The third-order valence-electron chi connectivity index (χ3n) is 6.19. The summed E-state index contributed by atoms with van der Waals surface area (Å²) >= 11 is 0. The lowest BCUT2D eigenvalue weighted by atomic mass is 9.99. The molecule has 192 valence electrons. The maximum Gasteiger partial charge on any atom is 0.255 e. The molecule has 0 unspecified atom stereocenters. The van der Waals surface area contributed by atoms with Crippen LogP contribution in [0.25, 0.3) is 33.3 Å². The predicted molar refractivity (Wildman–Crippen MR) is 146 cm³/mol. The van der Waals surface area contributed by atoms with Crippen molar-refractivity contribution in [2.45, 2.75) is 19.3 Å². The number of pyridine rings is 1. The van der Waals surface area contributed by atoms with E-state index in [4.69, 9.17) is 9.47 Å². The Hall–Kier alpha value is -4.17. The summed E-state index contributed by atoms with van der Waals surface area (Å²) in [5.74, 6) is 0.449. The van der Waals surface area contributed by atoms with Gasteiger partial charge < -0.3 is 24.7 Å². The number of fused-ring (bicyclic) bond motifs is 1. The molecular formula is C29H32N4O4. The van der Waals surface area contributed by atoms with E-state index in [0.29, 0.717) is 30.7 Å². The molecule has 2 amide bonds. The van der Waals surface area contributed by atoms with Crippen LogP contribution >= 0.6 is 0 Å². The zero-order valence-corrected chi connectivity index (χ0v) is 21.6. The van der Waals surface area contributed by atoms with Crippen molar-refractivity contribution in [3.63, 3.8) is 0 Å². The van der Waals surface area contributed by atoms with E-state index in [-0.39, 0.29) is 11.8 Å². The molecule has 2 heterocycles. The Labute approximate surface area is 216 Å². The number of carbonyl (C=O) groups is 2. The molecule has 4 rings (SSSR count). The number of unbranched alkanes of at least 4 members (excludes halogenated alkanes) is 1. The molecule has 0 aliphatic heterocycles. The Kier molecular flexibility index (Phi) is 8.20. The number of hydrogen-bond acceptors (Lipinski definition) is 5. The topological polar surface area (TPSA) is 96.5 Å². The van der Waals surface area contributed by atoms with Crippen molar-refractivity contribution < 1.29 is 19.1 Å². The van der Waals surface area contributed by atoms with Gasteiger partial charge in [-0.05, 0) is 42.7 Å². The summed E-state index contributed by atoms with van der Waals surface area (Å²) in [7, 11) is 6.68. The van der Waals surface area contributed by atoms with Crippen molar-refractivity contribution >= 4 is 28.5 Å². The van der Waals surface area contributed by atoms with Gasteiger partial charge in [-0.15, -0.1) is 0 Å². The molecule has 0 fully saturated rings. The number of ether oxygens (including phenoxy) is 2. The number of rotatable bonds is 10. The number of benzene rings is 2. The minimum atomic E-state index is -0.193. The highest BCUT2D eigenvalue weighted by Crippen LogP contribution is 2.36. The molecule has 37 heavy (non-hydrogen) atoms. The fourth-order valence-electron chi connectivity index (χ4n) is 4.25. The average Bonchev–Trinajstić information content (AvgIpc) is 3.34. The molecule has 0 aliphatic rings. The second kappa shape index (κ2) is 11.7. The van der Waals surface area contributed by atoms with Gasteiger partial charge in [0.1, 0.15) is 11.4 Å². The predicted octanol–water partition coefficient (Wildman–Crippen LogP) is 5.36. The Morgan fingerprint density at radius 2 is 1.81 bits per heavy atom. The van der Waals surface area contributed by atoms with Crippen LogP contribution in [0, 0.1) is 0 Å². The van der Waals surface area contributed by atoms with Gasteiger partial charge in [0, 0.05) is 68.7 Å². The summed E-state index contributed by atoms with van der Waals surface area (Å²) in [5.41, 5.74) is 5.28. The van der Waals surface area contributed by atoms with Crippen LogP contribution in [-0.4, -0.2) is 61.6 Å². The molecule has 0 saturated carbocycles. The summed E-state index contributed by atoms with van der Waals surface area (Å²) in [5, 5.41) is 3.85. The van der Waals surface area contributed by atoms with Gasteiger partial charge in [-0.3, -0.25) is 9.59 Å². The molecule has 2 aromatic heterocycles. The van der Waals surface area contributed by atoms with E-state index >= 15 is 0 Å². The SMILES string of the molecule is COCCCCC(=O)Nc1ccc(-c2cnc3[nH]cc(-c4ccccc4OC)c3c2)cc1C(=O)N(C)C. The highest BCUT2D eigenvalue weighted by atomic mass is 16.5. The number of amides is 2. The van der Waals surface area contributed by atoms with Crippen LogP contribution < -0.4 is 10.1 Å². The van der Waals surface area contributed by atoms with Crippen LogP contribution in [0.5, 0.6) is 5.75 Å². The number of carbonyl (C=O) groups excluding carboxylic acids is 2.